The summed E-state index contributed by atoms with van der Waals surface area (Å²) in [5.41, 5.74) is 14.7. The van der Waals surface area contributed by atoms with Gasteiger partial charge in [-0.2, -0.15) is 0 Å². The van der Waals surface area contributed by atoms with Crippen LogP contribution < -0.4 is 22.1 Å². The first-order valence-corrected chi connectivity index (χ1v) is 8.76. The molecule has 0 spiro atoms. The molecule has 0 bridgehead atoms. The molecule has 4 rings (SSSR count). The number of fused-ring (bicyclic) bond motifs is 1. The summed E-state index contributed by atoms with van der Waals surface area (Å²) in [6, 6.07) is 6.91. The molecule has 1 atom stereocenters. The van der Waals surface area contributed by atoms with Gasteiger partial charge in [-0.15, -0.1) is 0 Å². The number of nitrogens with two attached hydrogens (primary N) is 2. The van der Waals surface area contributed by atoms with E-state index in [1.54, 1.807) is 12.3 Å². The molecule has 3 amide bonds. The molecule has 2 aromatic rings. The number of hydrogen-bond donors (Lipinski definition) is 4. The number of nitrogens with zero attached hydrogens (tertiary/aromatic N) is 1. The summed E-state index contributed by atoms with van der Waals surface area (Å²) in [4.78, 5) is 27.6. The summed E-state index contributed by atoms with van der Waals surface area (Å²) >= 11 is 0. The van der Waals surface area contributed by atoms with Crippen LogP contribution >= 0.6 is 0 Å². The molecule has 0 saturated heterocycles. The summed E-state index contributed by atoms with van der Waals surface area (Å²) < 4.78 is 0. The molecule has 1 aromatic heterocycles. The van der Waals surface area contributed by atoms with Gasteiger partial charge in [-0.25, -0.2) is 9.78 Å². The van der Waals surface area contributed by atoms with Crippen LogP contribution in [0.1, 0.15) is 45.9 Å². The van der Waals surface area contributed by atoms with Crippen molar-refractivity contribution in [1.29, 1.82) is 0 Å². The van der Waals surface area contributed by atoms with E-state index in [1.165, 1.54) is 0 Å². The molecule has 2 heterocycles. The van der Waals surface area contributed by atoms with Crippen LogP contribution in [0.5, 0.6) is 0 Å². The highest BCUT2D eigenvalue weighted by molar-refractivity contribution is 5.98. The SMILES string of the molecule is NC(=O)c1c(Cc2ccc3c(c2)NC(=O)N[C@H]3C#CC2CC2)ccnc1N. The Hall–Kier alpha value is -3.53. The molecule has 0 radical (unpaired) electrons. The quantitative estimate of drug-likeness (QED) is 0.624. The second-order valence-corrected chi connectivity index (χ2v) is 6.79. The van der Waals surface area contributed by atoms with E-state index in [4.69, 9.17) is 11.5 Å². The molecule has 1 fully saturated rings. The fraction of sp³-hybridized carbons (Fsp3) is 0.250. The predicted octanol–water partition coefficient (Wildman–Crippen LogP) is 1.94. The number of urea groups is 1. The number of hydrogen-bond acceptors (Lipinski definition) is 4. The topological polar surface area (TPSA) is 123 Å². The Balaban J connectivity index is 1.65. The maximum atomic E-state index is 12.0. The van der Waals surface area contributed by atoms with E-state index in [-0.39, 0.29) is 23.5 Å². The van der Waals surface area contributed by atoms with E-state index < -0.39 is 5.91 Å². The van der Waals surface area contributed by atoms with Gasteiger partial charge in [0.05, 0.1) is 5.56 Å². The third-order valence-corrected chi connectivity index (χ3v) is 4.67. The molecule has 7 heteroatoms. The molecule has 0 unspecified atom stereocenters. The Bertz CT molecular complexity index is 1000. The summed E-state index contributed by atoms with van der Waals surface area (Å²) in [6.07, 6.45) is 4.26. The monoisotopic (exact) mass is 361 g/mol. The summed E-state index contributed by atoms with van der Waals surface area (Å²) in [6.45, 7) is 0. The molecule has 1 aliphatic carbocycles. The molecule has 27 heavy (non-hydrogen) atoms. The smallest absolute Gasteiger partial charge is 0.320 e. The Kier molecular flexibility index (Phi) is 4.16. The van der Waals surface area contributed by atoms with E-state index in [0.29, 0.717) is 23.6 Å². The van der Waals surface area contributed by atoms with Gasteiger partial charge in [0.2, 0.25) is 0 Å². The number of carbonyl (C=O) groups is 2. The van der Waals surface area contributed by atoms with Crippen molar-refractivity contribution < 1.29 is 9.59 Å². The number of carbonyl (C=O) groups excluding carboxylic acids is 2. The lowest BCUT2D eigenvalue weighted by Crippen LogP contribution is -2.37. The Morgan fingerprint density at radius 3 is 2.81 bits per heavy atom. The zero-order chi connectivity index (χ0) is 19.0. The van der Waals surface area contributed by atoms with Crippen LogP contribution in [0.25, 0.3) is 0 Å². The van der Waals surface area contributed by atoms with Gasteiger partial charge in [0.15, 0.2) is 0 Å². The molecular weight excluding hydrogens is 342 g/mol. The van der Waals surface area contributed by atoms with Gasteiger partial charge in [0.1, 0.15) is 11.9 Å². The van der Waals surface area contributed by atoms with Crippen molar-refractivity contribution in [2.24, 2.45) is 11.7 Å². The summed E-state index contributed by atoms with van der Waals surface area (Å²) in [5, 5.41) is 5.67. The van der Waals surface area contributed by atoms with Crippen molar-refractivity contribution in [2.45, 2.75) is 25.3 Å². The van der Waals surface area contributed by atoms with Gasteiger partial charge >= 0.3 is 6.03 Å². The van der Waals surface area contributed by atoms with Gasteiger partial charge in [-0.05, 0) is 42.5 Å². The summed E-state index contributed by atoms with van der Waals surface area (Å²) in [5.74, 6) is 6.34. The number of aromatic nitrogens is 1. The van der Waals surface area contributed by atoms with Crippen LogP contribution in [-0.4, -0.2) is 16.9 Å². The van der Waals surface area contributed by atoms with E-state index >= 15 is 0 Å². The van der Waals surface area contributed by atoms with Crippen molar-refractivity contribution in [1.82, 2.24) is 10.3 Å². The number of pyridine rings is 1. The lowest BCUT2D eigenvalue weighted by atomic mass is 9.96. The Labute approximate surface area is 156 Å². The standard InChI is InChI=1S/C20H19N5O2/c21-18-17(19(22)26)13(7-8-23-18)9-12-3-5-14-15(6-4-11-1-2-11)24-20(27)25-16(14)10-12/h3,5,7-8,10-11,15H,1-2,9H2,(H2,21,23)(H2,22,26)(H2,24,25,27)/t15-/m0/s1. The van der Waals surface area contributed by atoms with Crippen LogP contribution in [0.2, 0.25) is 0 Å². The van der Waals surface area contributed by atoms with Crippen molar-refractivity contribution in [3.8, 4) is 11.8 Å². The first kappa shape index (κ1) is 16.9. The van der Waals surface area contributed by atoms with E-state index in [9.17, 15) is 9.59 Å². The van der Waals surface area contributed by atoms with Crippen LogP contribution in [0.15, 0.2) is 30.5 Å². The lowest BCUT2D eigenvalue weighted by molar-refractivity contribution is 0.1000. The van der Waals surface area contributed by atoms with Crippen molar-refractivity contribution in [3.63, 3.8) is 0 Å². The van der Waals surface area contributed by atoms with Gasteiger partial charge < -0.3 is 22.1 Å². The van der Waals surface area contributed by atoms with E-state index in [0.717, 1.165) is 24.0 Å². The van der Waals surface area contributed by atoms with Crippen molar-refractivity contribution in [3.05, 3.63) is 52.7 Å². The second-order valence-electron chi connectivity index (χ2n) is 6.79. The van der Waals surface area contributed by atoms with Gasteiger partial charge in [-0.3, -0.25) is 4.79 Å². The average Bonchev–Trinajstić information content (AvgIpc) is 3.43. The molecule has 7 nitrogen and oxygen atoms in total. The molecular formula is C20H19N5O2. The number of nitrogen functional groups attached to an aromatic ring is 1. The number of benzene rings is 1. The molecule has 136 valence electrons. The number of nitrogens with one attached hydrogen (secondary N) is 2. The second kappa shape index (κ2) is 6.65. The van der Waals surface area contributed by atoms with E-state index in [1.807, 2.05) is 18.2 Å². The van der Waals surface area contributed by atoms with Crippen LogP contribution in [-0.2, 0) is 6.42 Å². The zero-order valence-corrected chi connectivity index (χ0v) is 14.6. The molecule has 1 saturated carbocycles. The number of primary amides is 1. The fourth-order valence-electron chi connectivity index (χ4n) is 3.15. The molecule has 1 aliphatic heterocycles. The average molecular weight is 361 g/mol. The maximum Gasteiger partial charge on any atom is 0.320 e. The normalized spacial score (nSPS) is 17.8. The minimum Gasteiger partial charge on any atom is -0.383 e. The first-order valence-electron chi connectivity index (χ1n) is 8.76. The fourth-order valence-corrected chi connectivity index (χ4v) is 3.15. The third-order valence-electron chi connectivity index (χ3n) is 4.67. The number of amides is 3. The predicted molar refractivity (Wildman–Crippen MR) is 102 cm³/mol. The molecule has 6 N–H and O–H groups in total. The number of rotatable bonds is 3. The largest absolute Gasteiger partial charge is 0.383 e. The minimum absolute atomic E-state index is 0.117. The Morgan fingerprint density at radius 2 is 2.07 bits per heavy atom. The van der Waals surface area contributed by atoms with E-state index in [2.05, 4.69) is 27.5 Å². The van der Waals surface area contributed by atoms with Gasteiger partial charge in [0, 0.05) is 23.4 Å². The Morgan fingerprint density at radius 1 is 1.26 bits per heavy atom. The maximum absolute atomic E-state index is 12.0. The lowest BCUT2D eigenvalue weighted by Gasteiger charge is -2.24. The minimum atomic E-state index is -0.610. The van der Waals surface area contributed by atoms with Crippen LogP contribution in [0, 0.1) is 17.8 Å². The van der Waals surface area contributed by atoms with Crippen molar-refractivity contribution >= 4 is 23.4 Å². The van der Waals surface area contributed by atoms with Gasteiger partial charge in [-0.1, -0.05) is 24.0 Å². The zero-order valence-electron chi connectivity index (χ0n) is 14.6. The molecule has 2 aliphatic rings. The molecule has 1 aromatic carbocycles. The third kappa shape index (κ3) is 3.55. The summed E-state index contributed by atoms with van der Waals surface area (Å²) in [7, 11) is 0. The first-order chi connectivity index (χ1) is 13.0. The van der Waals surface area contributed by atoms with Crippen LogP contribution in [0.3, 0.4) is 0 Å². The highest BCUT2D eigenvalue weighted by atomic mass is 16.2. The van der Waals surface area contributed by atoms with Crippen molar-refractivity contribution in [2.75, 3.05) is 11.1 Å². The highest BCUT2D eigenvalue weighted by Gasteiger charge is 2.24. The van der Waals surface area contributed by atoms with Crippen LogP contribution in [0.4, 0.5) is 16.3 Å². The highest BCUT2D eigenvalue weighted by Crippen LogP contribution is 2.31. The number of anilines is 2. The van der Waals surface area contributed by atoms with Gasteiger partial charge in [0.25, 0.3) is 5.91 Å².